The molecule has 0 saturated carbocycles. The van der Waals surface area contributed by atoms with E-state index in [1.807, 2.05) is 0 Å². The Hall–Kier alpha value is -1.76. The molecule has 104 valence electrons. The van der Waals surface area contributed by atoms with Crippen LogP contribution in [0.25, 0.3) is 0 Å². The van der Waals surface area contributed by atoms with E-state index in [9.17, 15) is 18.0 Å². The molecular formula is C12H12F3NO3. The van der Waals surface area contributed by atoms with Crippen LogP contribution in [0.3, 0.4) is 0 Å². The predicted molar refractivity (Wildman–Crippen MR) is 60.8 cm³/mol. The van der Waals surface area contributed by atoms with Gasteiger partial charge in [-0.3, -0.25) is 4.90 Å². The molecule has 7 heteroatoms. The normalized spacial score (nSPS) is 23.6. The Morgan fingerprint density at radius 2 is 1.95 bits per heavy atom. The molecule has 1 N–H and O–H groups in total. The second kappa shape index (κ2) is 4.41. The van der Waals surface area contributed by atoms with E-state index >= 15 is 0 Å². The van der Waals surface area contributed by atoms with Crippen molar-refractivity contribution in [3.05, 3.63) is 29.8 Å². The van der Waals surface area contributed by atoms with Gasteiger partial charge in [0.05, 0.1) is 18.7 Å². The quantitative estimate of drug-likeness (QED) is 0.901. The van der Waals surface area contributed by atoms with Crippen LogP contribution in [0.1, 0.15) is 12.5 Å². The fraction of sp³-hybridized carbons (Fsp3) is 0.417. The van der Waals surface area contributed by atoms with Gasteiger partial charge in [0.25, 0.3) is 0 Å². The summed E-state index contributed by atoms with van der Waals surface area (Å²) in [6.07, 6.45) is -5.10. The molecule has 4 nitrogen and oxygen atoms in total. The number of alkyl halides is 3. The number of rotatable bonds is 2. The summed E-state index contributed by atoms with van der Waals surface area (Å²) in [6, 6.07) is 4.20. The summed E-state index contributed by atoms with van der Waals surface area (Å²) < 4.78 is 42.2. The van der Waals surface area contributed by atoms with E-state index in [1.54, 1.807) is 6.92 Å². The minimum absolute atomic E-state index is 0.0910. The molecule has 19 heavy (non-hydrogen) atoms. The van der Waals surface area contributed by atoms with Crippen molar-refractivity contribution in [1.29, 1.82) is 0 Å². The van der Waals surface area contributed by atoms with Crippen molar-refractivity contribution in [2.45, 2.75) is 18.7 Å². The maximum absolute atomic E-state index is 12.4. The number of aliphatic hydroxyl groups excluding tert-OH is 1. The van der Waals surface area contributed by atoms with Gasteiger partial charge in [0.15, 0.2) is 5.60 Å². The van der Waals surface area contributed by atoms with Gasteiger partial charge >= 0.3 is 12.3 Å². The zero-order chi connectivity index (χ0) is 14.3. The minimum atomic E-state index is -4.41. The van der Waals surface area contributed by atoms with Crippen molar-refractivity contribution in [3.63, 3.8) is 0 Å². The zero-order valence-corrected chi connectivity index (χ0v) is 10.1. The second-order valence-electron chi connectivity index (χ2n) is 4.61. The topological polar surface area (TPSA) is 49.8 Å². The van der Waals surface area contributed by atoms with Crippen molar-refractivity contribution >= 4 is 11.8 Å². The summed E-state index contributed by atoms with van der Waals surface area (Å²) in [6.45, 7) is 1.29. The SMILES string of the molecule is CC1(CO)CN(c2ccc(C(F)(F)F)cc2)C(=O)O1. The maximum Gasteiger partial charge on any atom is 0.416 e. The van der Waals surface area contributed by atoms with Crippen LogP contribution in [0.5, 0.6) is 0 Å². The molecule has 0 radical (unpaired) electrons. The second-order valence-corrected chi connectivity index (χ2v) is 4.61. The Labute approximate surface area is 107 Å². The number of carbonyl (C=O) groups is 1. The molecule has 1 fully saturated rings. The van der Waals surface area contributed by atoms with Crippen molar-refractivity contribution in [2.24, 2.45) is 0 Å². The van der Waals surface area contributed by atoms with Crippen molar-refractivity contribution < 1.29 is 27.8 Å². The molecule has 1 aliphatic rings. The molecule has 1 heterocycles. The third kappa shape index (κ3) is 2.65. The van der Waals surface area contributed by atoms with E-state index in [1.165, 1.54) is 17.0 Å². The molecule has 1 amide bonds. The Bertz CT molecular complexity index is 486. The molecule has 1 saturated heterocycles. The van der Waals surface area contributed by atoms with Gasteiger partial charge in [-0.2, -0.15) is 13.2 Å². The molecular weight excluding hydrogens is 263 g/mol. The molecule has 0 aliphatic carbocycles. The predicted octanol–water partition coefficient (Wildman–Crippen LogP) is 2.41. The van der Waals surface area contributed by atoms with E-state index in [-0.39, 0.29) is 13.2 Å². The number of amides is 1. The Morgan fingerprint density at radius 1 is 1.37 bits per heavy atom. The zero-order valence-electron chi connectivity index (χ0n) is 10.1. The van der Waals surface area contributed by atoms with Crippen LogP contribution in [0.4, 0.5) is 23.7 Å². The lowest BCUT2D eigenvalue weighted by Crippen LogP contribution is -2.34. The number of aliphatic hydroxyl groups is 1. The van der Waals surface area contributed by atoms with Gasteiger partial charge in [0.2, 0.25) is 0 Å². The van der Waals surface area contributed by atoms with E-state index in [2.05, 4.69) is 0 Å². The maximum atomic E-state index is 12.4. The van der Waals surface area contributed by atoms with E-state index in [0.717, 1.165) is 12.1 Å². The molecule has 0 aromatic heterocycles. The first-order chi connectivity index (χ1) is 8.75. The first-order valence-corrected chi connectivity index (χ1v) is 5.54. The van der Waals surface area contributed by atoms with Gasteiger partial charge in [-0.05, 0) is 31.2 Å². The summed E-state index contributed by atoms with van der Waals surface area (Å²) in [7, 11) is 0. The number of nitrogens with zero attached hydrogens (tertiary/aromatic N) is 1. The number of carbonyl (C=O) groups excluding carboxylic acids is 1. The number of ether oxygens (including phenoxy) is 1. The van der Waals surface area contributed by atoms with Crippen molar-refractivity contribution in [2.75, 3.05) is 18.1 Å². The fourth-order valence-corrected chi connectivity index (χ4v) is 1.81. The Balaban J connectivity index is 2.22. The van der Waals surface area contributed by atoms with Crippen LogP contribution in [0, 0.1) is 0 Å². The van der Waals surface area contributed by atoms with E-state index in [4.69, 9.17) is 9.84 Å². The average molecular weight is 275 g/mol. The molecule has 1 unspecified atom stereocenters. The minimum Gasteiger partial charge on any atom is -0.438 e. The monoisotopic (exact) mass is 275 g/mol. The lowest BCUT2D eigenvalue weighted by molar-refractivity contribution is -0.137. The lowest BCUT2D eigenvalue weighted by atomic mass is 10.1. The molecule has 1 aromatic carbocycles. The highest BCUT2D eigenvalue weighted by Gasteiger charge is 2.41. The van der Waals surface area contributed by atoms with Crippen LogP contribution in [0.15, 0.2) is 24.3 Å². The lowest BCUT2D eigenvalue weighted by Gasteiger charge is -2.18. The summed E-state index contributed by atoms with van der Waals surface area (Å²) in [5.41, 5.74) is -1.51. The van der Waals surface area contributed by atoms with Gasteiger partial charge in [0.1, 0.15) is 0 Å². The van der Waals surface area contributed by atoms with Crippen LogP contribution in [-0.2, 0) is 10.9 Å². The number of anilines is 1. The first kappa shape index (κ1) is 13.7. The standard InChI is InChI=1S/C12H12F3NO3/c1-11(7-17)6-16(10(18)19-11)9-4-2-8(3-5-9)12(13,14)15/h2-5,17H,6-7H2,1H3. The summed E-state index contributed by atoms with van der Waals surface area (Å²) in [5, 5.41) is 9.11. The molecule has 0 bridgehead atoms. The van der Waals surface area contributed by atoms with Crippen LogP contribution >= 0.6 is 0 Å². The number of hydrogen-bond acceptors (Lipinski definition) is 3. The highest BCUT2D eigenvalue weighted by molar-refractivity contribution is 5.90. The highest BCUT2D eigenvalue weighted by Crippen LogP contribution is 2.32. The molecule has 1 aromatic rings. The third-order valence-electron chi connectivity index (χ3n) is 2.89. The smallest absolute Gasteiger partial charge is 0.416 e. The molecule has 1 aliphatic heterocycles. The van der Waals surface area contributed by atoms with Crippen molar-refractivity contribution in [1.82, 2.24) is 0 Å². The molecule has 1 atom stereocenters. The van der Waals surface area contributed by atoms with Crippen LogP contribution in [0.2, 0.25) is 0 Å². The van der Waals surface area contributed by atoms with Gasteiger partial charge in [-0.15, -0.1) is 0 Å². The molecule has 0 spiro atoms. The van der Waals surface area contributed by atoms with E-state index in [0.29, 0.717) is 5.69 Å². The summed E-state index contributed by atoms with van der Waals surface area (Å²) in [5.74, 6) is 0. The van der Waals surface area contributed by atoms with E-state index < -0.39 is 23.4 Å². The third-order valence-corrected chi connectivity index (χ3v) is 2.89. The summed E-state index contributed by atoms with van der Waals surface area (Å²) >= 11 is 0. The van der Waals surface area contributed by atoms with Crippen molar-refractivity contribution in [3.8, 4) is 0 Å². The first-order valence-electron chi connectivity index (χ1n) is 5.54. The number of benzene rings is 1. The van der Waals surface area contributed by atoms with Crippen LogP contribution in [-0.4, -0.2) is 30.0 Å². The van der Waals surface area contributed by atoms with Gasteiger partial charge in [-0.1, -0.05) is 0 Å². The highest BCUT2D eigenvalue weighted by atomic mass is 19.4. The fourth-order valence-electron chi connectivity index (χ4n) is 1.81. The summed E-state index contributed by atoms with van der Waals surface area (Å²) in [4.78, 5) is 12.8. The Kier molecular flexibility index (Phi) is 3.17. The largest absolute Gasteiger partial charge is 0.438 e. The number of hydrogen-bond donors (Lipinski definition) is 1. The average Bonchev–Trinajstić information content (AvgIpc) is 2.65. The van der Waals surface area contributed by atoms with Gasteiger partial charge < -0.3 is 9.84 Å². The number of halogens is 3. The number of cyclic esters (lactones) is 1. The van der Waals surface area contributed by atoms with Crippen LogP contribution < -0.4 is 4.90 Å². The molecule has 2 rings (SSSR count). The van der Waals surface area contributed by atoms with Gasteiger partial charge in [-0.25, -0.2) is 4.79 Å². The Morgan fingerprint density at radius 3 is 2.37 bits per heavy atom. The van der Waals surface area contributed by atoms with Gasteiger partial charge in [0, 0.05) is 5.69 Å².